The molecule has 2 saturated carbocycles. The summed E-state index contributed by atoms with van der Waals surface area (Å²) in [5, 5.41) is 7.72. The average Bonchev–Trinajstić information content (AvgIpc) is 3.75. The van der Waals surface area contributed by atoms with E-state index in [9.17, 15) is 22.8 Å². The van der Waals surface area contributed by atoms with Crippen LogP contribution in [0.25, 0.3) is 5.13 Å². The highest BCUT2D eigenvalue weighted by atomic mass is 32.1. The van der Waals surface area contributed by atoms with Crippen LogP contribution in [0.5, 0.6) is 5.75 Å². The van der Waals surface area contributed by atoms with E-state index in [-0.39, 0.29) is 22.3 Å². The maximum atomic E-state index is 13.1. The summed E-state index contributed by atoms with van der Waals surface area (Å²) in [6.45, 7) is 1.70. The number of esters is 1. The van der Waals surface area contributed by atoms with Crippen molar-refractivity contribution < 1.29 is 32.2 Å². The summed E-state index contributed by atoms with van der Waals surface area (Å²) in [6, 6.07) is 3.32. The fourth-order valence-electron chi connectivity index (χ4n) is 3.78. The van der Waals surface area contributed by atoms with Crippen molar-refractivity contribution in [3.05, 3.63) is 52.0 Å². The Kier molecular flexibility index (Phi) is 6.18. The second-order valence-electron chi connectivity index (χ2n) is 8.82. The summed E-state index contributed by atoms with van der Waals surface area (Å²) in [5.41, 5.74) is 0.688. The van der Waals surface area contributed by atoms with Crippen LogP contribution >= 0.6 is 11.3 Å². The fraction of sp³-hybridized carbons (Fsp3) is 0.435. The Bertz CT molecular complexity index is 1310. The summed E-state index contributed by atoms with van der Waals surface area (Å²) < 4.78 is 48.8. The summed E-state index contributed by atoms with van der Waals surface area (Å²) in [4.78, 5) is 34.1. The smallest absolute Gasteiger partial charge is 0.465 e. The number of nitrogens with one attached hydrogen (secondary N) is 1. The Balaban J connectivity index is 1.41. The molecule has 2 aliphatic carbocycles. The third-order valence-electron chi connectivity index (χ3n) is 5.86. The Morgan fingerprint density at radius 1 is 1.17 bits per heavy atom. The molecule has 3 aromatic rings. The first-order valence-electron chi connectivity index (χ1n) is 11.3. The first kappa shape index (κ1) is 24.2. The summed E-state index contributed by atoms with van der Waals surface area (Å²) in [6.07, 6.45) is 0.109. The molecule has 0 aliphatic heterocycles. The molecule has 2 heterocycles. The standard InChI is InChI=1S/C23H22F3N5O4S/c1-11(28-20(32)15-7-14(12-3-4-12)8-16(9-15)35-23(24,25)26)19-29-18(13-5-6-13)30-31(19)22-27-10-17(36-22)21(33)34-2/h7-13H,3-6H2,1-2H3,(H,28,32)/t11-/m0/s1. The van der Waals surface area contributed by atoms with Crippen LogP contribution in [-0.2, 0) is 4.74 Å². The minimum Gasteiger partial charge on any atom is -0.465 e. The number of ether oxygens (including phenoxy) is 2. The van der Waals surface area contributed by atoms with Crippen molar-refractivity contribution in [2.24, 2.45) is 0 Å². The van der Waals surface area contributed by atoms with Crippen LogP contribution in [0.1, 0.15) is 87.7 Å². The zero-order valence-corrected chi connectivity index (χ0v) is 20.2. The number of hydrogen-bond acceptors (Lipinski definition) is 8. The lowest BCUT2D eigenvalue weighted by Gasteiger charge is -2.16. The molecule has 1 aromatic carbocycles. The van der Waals surface area contributed by atoms with E-state index in [2.05, 4.69) is 25.1 Å². The highest BCUT2D eigenvalue weighted by molar-refractivity contribution is 7.15. The van der Waals surface area contributed by atoms with E-state index < -0.39 is 30.0 Å². The highest BCUT2D eigenvalue weighted by Gasteiger charge is 2.34. The third kappa shape index (κ3) is 5.35. The zero-order valence-electron chi connectivity index (χ0n) is 19.3. The number of rotatable bonds is 8. The quantitative estimate of drug-likeness (QED) is 0.430. The van der Waals surface area contributed by atoms with Crippen LogP contribution in [0.15, 0.2) is 24.4 Å². The Morgan fingerprint density at radius 3 is 2.53 bits per heavy atom. The van der Waals surface area contributed by atoms with Crippen LogP contribution in [0.4, 0.5) is 13.2 Å². The largest absolute Gasteiger partial charge is 0.573 e. The lowest BCUT2D eigenvalue weighted by atomic mass is 10.1. The SMILES string of the molecule is COC(=O)c1cnc(-n2nc(C3CC3)nc2[C@H](C)NC(=O)c2cc(OC(F)(F)F)cc(C3CC3)c2)s1. The van der Waals surface area contributed by atoms with Gasteiger partial charge in [0.15, 0.2) is 11.6 Å². The molecule has 0 radical (unpaired) electrons. The number of thiazole rings is 1. The molecule has 2 aliphatic rings. The molecule has 1 atom stereocenters. The van der Waals surface area contributed by atoms with Crippen LogP contribution in [0.2, 0.25) is 0 Å². The van der Waals surface area contributed by atoms with Gasteiger partial charge in [0, 0.05) is 11.5 Å². The molecule has 5 rings (SSSR count). The van der Waals surface area contributed by atoms with Crippen molar-refractivity contribution in [3.63, 3.8) is 0 Å². The van der Waals surface area contributed by atoms with Gasteiger partial charge in [-0.25, -0.2) is 14.8 Å². The van der Waals surface area contributed by atoms with Crippen molar-refractivity contribution in [1.82, 2.24) is 25.1 Å². The Labute approximate surface area is 207 Å². The number of hydrogen-bond donors (Lipinski definition) is 1. The number of alkyl halides is 3. The molecule has 36 heavy (non-hydrogen) atoms. The molecular weight excluding hydrogens is 499 g/mol. The van der Waals surface area contributed by atoms with Gasteiger partial charge in [0.2, 0.25) is 5.13 Å². The van der Waals surface area contributed by atoms with Gasteiger partial charge in [-0.15, -0.1) is 18.3 Å². The van der Waals surface area contributed by atoms with Crippen LogP contribution in [-0.4, -0.2) is 45.1 Å². The van der Waals surface area contributed by atoms with Gasteiger partial charge in [-0.3, -0.25) is 4.79 Å². The van der Waals surface area contributed by atoms with Crippen molar-refractivity contribution in [2.75, 3.05) is 7.11 Å². The van der Waals surface area contributed by atoms with Crippen molar-refractivity contribution >= 4 is 23.2 Å². The molecular formula is C23H22F3N5O4S. The van der Waals surface area contributed by atoms with Gasteiger partial charge < -0.3 is 14.8 Å². The first-order valence-corrected chi connectivity index (χ1v) is 12.2. The van der Waals surface area contributed by atoms with Crippen LogP contribution in [0, 0.1) is 0 Å². The van der Waals surface area contributed by atoms with Gasteiger partial charge in [0.1, 0.15) is 10.6 Å². The number of carbonyl (C=O) groups is 2. The minimum atomic E-state index is -4.87. The number of methoxy groups -OCH3 is 1. The molecule has 0 unspecified atom stereocenters. The van der Waals surface area contributed by atoms with Gasteiger partial charge in [-0.2, -0.15) is 4.68 Å². The normalized spacial score (nSPS) is 16.5. The summed E-state index contributed by atoms with van der Waals surface area (Å²) in [5.74, 6) is -0.208. The molecule has 0 bridgehead atoms. The average molecular weight is 522 g/mol. The monoisotopic (exact) mass is 521 g/mol. The van der Waals surface area contributed by atoms with E-state index in [0.29, 0.717) is 22.3 Å². The Hall–Kier alpha value is -3.48. The molecule has 0 saturated heterocycles. The molecule has 2 aromatic heterocycles. The Morgan fingerprint density at radius 2 is 1.89 bits per heavy atom. The van der Waals surface area contributed by atoms with E-state index in [1.165, 1.54) is 24.1 Å². The third-order valence-corrected chi connectivity index (χ3v) is 6.81. The number of amides is 1. The summed E-state index contributed by atoms with van der Waals surface area (Å²) in [7, 11) is 1.27. The number of aromatic nitrogens is 4. The molecule has 13 heteroatoms. The molecule has 1 amide bonds. The van der Waals surface area contributed by atoms with Crippen LogP contribution in [0.3, 0.4) is 0 Å². The predicted octanol–water partition coefficient (Wildman–Crippen LogP) is 4.65. The maximum absolute atomic E-state index is 13.1. The van der Waals surface area contributed by atoms with Gasteiger partial charge in [-0.05, 0) is 62.3 Å². The molecule has 0 spiro atoms. The van der Waals surface area contributed by atoms with E-state index in [4.69, 9.17) is 4.74 Å². The number of carbonyl (C=O) groups excluding carboxylic acids is 2. The molecule has 1 N–H and O–H groups in total. The fourth-order valence-corrected chi connectivity index (χ4v) is 4.57. The van der Waals surface area contributed by atoms with E-state index in [1.54, 1.807) is 13.0 Å². The lowest BCUT2D eigenvalue weighted by Crippen LogP contribution is -2.29. The van der Waals surface area contributed by atoms with Gasteiger partial charge in [-0.1, -0.05) is 11.3 Å². The molecule has 190 valence electrons. The second kappa shape index (κ2) is 9.19. The molecule has 9 nitrogen and oxygen atoms in total. The second-order valence-corrected chi connectivity index (χ2v) is 9.83. The summed E-state index contributed by atoms with van der Waals surface area (Å²) >= 11 is 1.07. The van der Waals surface area contributed by atoms with E-state index in [0.717, 1.165) is 43.1 Å². The van der Waals surface area contributed by atoms with Gasteiger partial charge in [0.05, 0.1) is 19.3 Å². The number of nitrogens with zero attached hydrogens (tertiary/aromatic N) is 4. The van der Waals surface area contributed by atoms with Gasteiger partial charge in [0.25, 0.3) is 5.91 Å². The van der Waals surface area contributed by atoms with Crippen molar-refractivity contribution in [3.8, 4) is 10.9 Å². The highest BCUT2D eigenvalue weighted by Crippen LogP contribution is 2.42. The minimum absolute atomic E-state index is 0.0567. The zero-order chi connectivity index (χ0) is 25.6. The maximum Gasteiger partial charge on any atom is 0.573 e. The topological polar surface area (TPSA) is 108 Å². The lowest BCUT2D eigenvalue weighted by molar-refractivity contribution is -0.274. The van der Waals surface area contributed by atoms with E-state index in [1.807, 2.05) is 0 Å². The van der Waals surface area contributed by atoms with E-state index >= 15 is 0 Å². The predicted molar refractivity (Wildman–Crippen MR) is 121 cm³/mol. The van der Waals surface area contributed by atoms with Crippen LogP contribution < -0.4 is 10.1 Å². The van der Waals surface area contributed by atoms with Crippen molar-refractivity contribution in [1.29, 1.82) is 0 Å². The number of benzene rings is 1. The first-order chi connectivity index (χ1) is 17.1. The van der Waals surface area contributed by atoms with Gasteiger partial charge >= 0.3 is 12.3 Å². The van der Waals surface area contributed by atoms with Crippen molar-refractivity contribution in [2.45, 2.75) is 56.8 Å². The molecule has 2 fully saturated rings. The number of halogens is 3.